The fraction of sp³-hybridized carbons (Fsp3) is 0.389. The Bertz CT molecular complexity index is 779. The predicted octanol–water partition coefficient (Wildman–Crippen LogP) is 2.26. The number of amides is 1. The zero-order chi connectivity index (χ0) is 17.8. The summed E-state index contributed by atoms with van der Waals surface area (Å²) in [5, 5.41) is 12.0. The predicted molar refractivity (Wildman–Crippen MR) is 96.3 cm³/mol. The molecule has 1 N–H and O–H groups in total. The molecule has 2 aliphatic heterocycles. The number of thioether (sulfide) groups is 1. The van der Waals surface area contributed by atoms with E-state index >= 15 is 0 Å². The zero-order valence-electron chi connectivity index (χ0n) is 14.1. The second kappa shape index (κ2) is 7.92. The fourth-order valence-corrected chi connectivity index (χ4v) is 3.47. The number of rotatable bonds is 6. The summed E-state index contributed by atoms with van der Waals surface area (Å²) in [5.74, 6) is 1.74. The van der Waals surface area contributed by atoms with Gasteiger partial charge in [-0.3, -0.25) is 4.79 Å². The lowest BCUT2D eigenvalue weighted by Crippen LogP contribution is -2.32. The second-order valence-electron chi connectivity index (χ2n) is 6.05. The summed E-state index contributed by atoms with van der Waals surface area (Å²) in [5.41, 5.74) is 1.66. The quantitative estimate of drug-likeness (QED) is 0.778. The molecule has 136 valence electrons. The van der Waals surface area contributed by atoms with Gasteiger partial charge in [0.25, 0.3) is 0 Å². The molecule has 1 amide bonds. The van der Waals surface area contributed by atoms with Crippen molar-refractivity contribution in [2.24, 2.45) is 0 Å². The van der Waals surface area contributed by atoms with E-state index in [2.05, 4.69) is 15.5 Å². The molecule has 7 nitrogen and oxygen atoms in total. The van der Waals surface area contributed by atoms with E-state index in [0.717, 1.165) is 36.5 Å². The van der Waals surface area contributed by atoms with Crippen molar-refractivity contribution in [2.75, 3.05) is 25.7 Å². The molecule has 0 radical (unpaired) electrons. The molecular weight excluding hydrogens is 354 g/mol. The van der Waals surface area contributed by atoms with Gasteiger partial charge in [-0.1, -0.05) is 11.8 Å². The Hall–Kier alpha value is -2.32. The van der Waals surface area contributed by atoms with Crippen LogP contribution in [0.1, 0.15) is 12.8 Å². The number of hydrogen-bond donors (Lipinski definition) is 1. The minimum Gasteiger partial charge on any atom is -0.454 e. The van der Waals surface area contributed by atoms with Crippen molar-refractivity contribution >= 4 is 17.7 Å². The number of carbonyl (C=O) groups is 1. The van der Waals surface area contributed by atoms with Crippen molar-refractivity contribution in [2.45, 2.75) is 24.0 Å². The molecule has 0 bridgehead atoms. The van der Waals surface area contributed by atoms with Crippen LogP contribution in [-0.4, -0.2) is 47.9 Å². The van der Waals surface area contributed by atoms with Crippen LogP contribution in [-0.2, 0) is 9.53 Å². The maximum Gasteiger partial charge on any atom is 0.231 e. The van der Waals surface area contributed by atoms with Gasteiger partial charge >= 0.3 is 0 Å². The summed E-state index contributed by atoms with van der Waals surface area (Å²) in [6.45, 7) is 1.61. The highest BCUT2D eigenvalue weighted by atomic mass is 32.2. The van der Waals surface area contributed by atoms with Crippen LogP contribution in [0.25, 0.3) is 11.3 Å². The molecule has 0 saturated carbocycles. The van der Waals surface area contributed by atoms with Crippen LogP contribution >= 0.6 is 11.8 Å². The molecule has 8 heteroatoms. The molecule has 1 atom stereocenters. The third-order valence-electron chi connectivity index (χ3n) is 4.21. The van der Waals surface area contributed by atoms with Crippen LogP contribution in [0.3, 0.4) is 0 Å². The van der Waals surface area contributed by atoms with Crippen LogP contribution < -0.4 is 14.8 Å². The third-order valence-corrected chi connectivity index (χ3v) is 5.13. The van der Waals surface area contributed by atoms with Gasteiger partial charge in [-0.05, 0) is 43.2 Å². The molecule has 3 heterocycles. The van der Waals surface area contributed by atoms with Crippen molar-refractivity contribution in [3.63, 3.8) is 0 Å². The molecule has 1 aromatic carbocycles. The van der Waals surface area contributed by atoms with E-state index in [4.69, 9.17) is 14.2 Å². The van der Waals surface area contributed by atoms with Gasteiger partial charge in [0.15, 0.2) is 11.5 Å². The van der Waals surface area contributed by atoms with Crippen LogP contribution in [0.5, 0.6) is 11.5 Å². The first kappa shape index (κ1) is 17.1. The molecular formula is C18H19N3O4S. The van der Waals surface area contributed by atoms with E-state index in [1.807, 2.05) is 30.3 Å². The number of hydrogen-bond acceptors (Lipinski definition) is 7. The molecule has 0 spiro atoms. The lowest BCUT2D eigenvalue weighted by Gasteiger charge is -2.10. The second-order valence-corrected chi connectivity index (χ2v) is 7.05. The number of ether oxygens (including phenoxy) is 3. The van der Waals surface area contributed by atoms with Crippen molar-refractivity contribution in [1.82, 2.24) is 15.5 Å². The smallest absolute Gasteiger partial charge is 0.231 e. The number of nitrogens with one attached hydrogen (secondary N) is 1. The first-order chi connectivity index (χ1) is 12.8. The Kier molecular flexibility index (Phi) is 5.21. The summed E-state index contributed by atoms with van der Waals surface area (Å²) in [6, 6.07) is 9.42. The number of fused-ring (bicyclic) bond motifs is 1. The normalized spacial score (nSPS) is 18.1. The van der Waals surface area contributed by atoms with Gasteiger partial charge in [-0.2, -0.15) is 0 Å². The average molecular weight is 373 g/mol. The topological polar surface area (TPSA) is 82.6 Å². The number of benzene rings is 1. The standard InChI is InChI=1S/C18H19N3O4S/c22-17(19-9-13-2-1-7-23-13)10-26-18-6-4-14(20-21-18)12-3-5-15-16(8-12)25-11-24-15/h3-6,8,13H,1-2,7,9-11H2,(H,19,22)/t13-/m1/s1. The van der Waals surface area contributed by atoms with E-state index in [1.54, 1.807) is 0 Å². The molecule has 1 aromatic heterocycles. The zero-order valence-corrected chi connectivity index (χ0v) is 15.0. The molecule has 2 aromatic rings. The van der Waals surface area contributed by atoms with Crippen molar-refractivity contribution in [1.29, 1.82) is 0 Å². The largest absolute Gasteiger partial charge is 0.454 e. The van der Waals surface area contributed by atoms with Gasteiger partial charge in [0.05, 0.1) is 17.6 Å². The fourth-order valence-electron chi connectivity index (χ4n) is 2.83. The molecule has 1 fully saturated rings. The van der Waals surface area contributed by atoms with E-state index in [-0.39, 0.29) is 18.8 Å². The van der Waals surface area contributed by atoms with E-state index in [9.17, 15) is 4.79 Å². The first-order valence-corrected chi connectivity index (χ1v) is 9.51. The molecule has 0 unspecified atom stereocenters. The number of nitrogens with zero attached hydrogens (tertiary/aromatic N) is 2. The maximum absolute atomic E-state index is 11.9. The Balaban J connectivity index is 1.29. The summed E-state index contributed by atoms with van der Waals surface area (Å²) >= 11 is 1.36. The first-order valence-electron chi connectivity index (χ1n) is 8.53. The number of aromatic nitrogens is 2. The highest BCUT2D eigenvalue weighted by Gasteiger charge is 2.17. The van der Waals surface area contributed by atoms with Gasteiger partial charge in [0, 0.05) is 18.7 Å². The maximum atomic E-state index is 11.9. The molecule has 26 heavy (non-hydrogen) atoms. The van der Waals surface area contributed by atoms with Crippen LogP contribution in [0, 0.1) is 0 Å². The molecule has 2 aliphatic rings. The number of carbonyl (C=O) groups excluding carboxylic acids is 1. The van der Waals surface area contributed by atoms with Crippen LogP contribution in [0.2, 0.25) is 0 Å². The van der Waals surface area contributed by atoms with Crippen LogP contribution in [0.4, 0.5) is 0 Å². The van der Waals surface area contributed by atoms with Crippen molar-refractivity contribution in [3.05, 3.63) is 30.3 Å². The highest BCUT2D eigenvalue weighted by molar-refractivity contribution is 7.99. The summed E-state index contributed by atoms with van der Waals surface area (Å²) < 4.78 is 16.2. The van der Waals surface area contributed by atoms with Gasteiger partial charge in [-0.15, -0.1) is 10.2 Å². The lowest BCUT2D eigenvalue weighted by atomic mass is 10.1. The Morgan fingerprint density at radius 1 is 1.19 bits per heavy atom. The van der Waals surface area contributed by atoms with E-state index in [0.29, 0.717) is 23.1 Å². The molecule has 4 rings (SSSR count). The third kappa shape index (κ3) is 4.08. The van der Waals surface area contributed by atoms with E-state index in [1.165, 1.54) is 11.8 Å². The highest BCUT2D eigenvalue weighted by Crippen LogP contribution is 2.35. The van der Waals surface area contributed by atoms with E-state index < -0.39 is 0 Å². The summed E-state index contributed by atoms with van der Waals surface area (Å²) in [6.07, 6.45) is 2.24. The molecule has 1 saturated heterocycles. The minimum atomic E-state index is -0.0212. The monoisotopic (exact) mass is 373 g/mol. The van der Waals surface area contributed by atoms with Gasteiger partial charge in [0.1, 0.15) is 5.03 Å². The van der Waals surface area contributed by atoms with Crippen LogP contribution in [0.15, 0.2) is 35.4 Å². The summed E-state index contributed by atoms with van der Waals surface area (Å²) in [7, 11) is 0. The molecule has 0 aliphatic carbocycles. The Morgan fingerprint density at radius 2 is 2.12 bits per heavy atom. The van der Waals surface area contributed by atoms with Gasteiger partial charge < -0.3 is 19.5 Å². The Morgan fingerprint density at radius 3 is 2.92 bits per heavy atom. The summed E-state index contributed by atoms with van der Waals surface area (Å²) in [4.78, 5) is 11.9. The SMILES string of the molecule is O=C(CSc1ccc(-c2ccc3c(c2)OCO3)nn1)NC[C@H]1CCCO1. The van der Waals surface area contributed by atoms with Crippen molar-refractivity contribution in [3.8, 4) is 22.8 Å². The Labute approximate surface area is 155 Å². The average Bonchev–Trinajstić information content (AvgIpc) is 3.36. The van der Waals surface area contributed by atoms with Gasteiger partial charge in [0.2, 0.25) is 12.7 Å². The van der Waals surface area contributed by atoms with Crippen molar-refractivity contribution < 1.29 is 19.0 Å². The lowest BCUT2D eigenvalue weighted by molar-refractivity contribution is -0.119. The minimum absolute atomic E-state index is 0.0212. The van der Waals surface area contributed by atoms with Gasteiger partial charge in [-0.25, -0.2) is 0 Å².